The maximum Gasteiger partial charge on any atom is 0.495 e. The van der Waals surface area contributed by atoms with Gasteiger partial charge in [0.2, 0.25) is 11.8 Å². The molecule has 10 nitrogen and oxygen atoms in total. The number of rotatable bonds is 8. The molecule has 4 aromatic rings. The Kier molecular flexibility index (Phi) is 8.55. The summed E-state index contributed by atoms with van der Waals surface area (Å²) in [5, 5.41) is 9.44. The Morgan fingerprint density at radius 3 is 2.07 bits per heavy atom. The highest BCUT2D eigenvalue weighted by molar-refractivity contribution is 7.13. The van der Waals surface area contributed by atoms with E-state index in [-0.39, 0.29) is 30.5 Å². The zero-order valence-electron chi connectivity index (χ0n) is 25.7. The minimum absolute atomic E-state index is 0.140. The minimum Gasteiger partial charge on any atom is -0.399 e. The van der Waals surface area contributed by atoms with Gasteiger partial charge < -0.3 is 9.31 Å². The first-order valence-electron chi connectivity index (χ1n) is 14.5. The van der Waals surface area contributed by atoms with Crippen LogP contribution >= 0.6 is 11.3 Å². The van der Waals surface area contributed by atoms with Crippen LogP contribution in [0.4, 0.5) is 11.6 Å². The van der Waals surface area contributed by atoms with Crippen molar-refractivity contribution in [3.05, 3.63) is 60.4 Å². The number of carbonyl (C=O) groups excluding carboxylic acids is 2. The van der Waals surface area contributed by atoms with Crippen molar-refractivity contribution in [2.24, 2.45) is 0 Å². The Labute approximate surface area is 256 Å². The predicted molar refractivity (Wildman–Crippen MR) is 170 cm³/mol. The van der Waals surface area contributed by atoms with E-state index in [0.717, 1.165) is 21.7 Å². The van der Waals surface area contributed by atoms with Crippen molar-refractivity contribution in [2.45, 2.75) is 79.1 Å². The molecule has 5 rings (SSSR count). The maximum absolute atomic E-state index is 13.6. The van der Waals surface area contributed by atoms with Crippen molar-refractivity contribution in [2.75, 3.05) is 10.0 Å². The first-order valence-corrected chi connectivity index (χ1v) is 15.4. The van der Waals surface area contributed by atoms with Crippen LogP contribution in [0.2, 0.25) is 0 Å². The van der Waals surface area contributed by atoms with E-state index in [9.17, 15) is 9.59 Å². The third kappa shape index (κ3) is 5.87. The quantitative estimate of drug-likeness (QED) is 0.195. The summed E-state index contributed by atoms with van der Waals surface area (Å²) in [5.41, 5.74) is 2.19. The van der Waals surface area contributed by atoms with Gasteiger partial charge in [0.05, 0.1) is 16.1 Å². The van der Waals surface area contributed by atoms with Crippen molar-refractivity contribution in [1.82, 2.24) is 19.7 Å². The SMILES string of the molecule is CCC(=O)N(c1cc(B2OC(C)(C)C(C)(C)O2)ccn1)N(C(=O)CC)c1cc(-c2cn(CC)nc2-c2cccs2)ccn1. The summed E-state index contributed by atoms with van der Waals surface area (Å²) in [4.78, 5) is 37.3. The van der Waals surface area contributed by atoms with Crippen LogP contribution in [0, 0.1) is 0 Å². The largest absolute Gasteiger partial charge is 0.495 e. The summed E-state index contributed by atoms with van der Waals surface area (Å²) in [5.74, 6) is -0.0517. The van der Waals surface area contributed by atoms with Gasteiger partial charge in [-0.3, -0.25) is 14.3 Å². The van der Waals surface area contributed by atoms with E-state index >= 15 is 0 Å². The Bertz CT molecular complexity index is 1600. The minimum atomic E-state index is -0.659. The van der Waals surface area contributed by atoms with Gasteiger partial charge in [-0.1, -0.05) is 19.9 Å². The Morgan fingerprint density at radius 1 is 0.907 bits per heavy atom. The molecule has 43 heavy (non-hydrogen) atoms. The standard InChI is InChI=1S/C31H37BN6O4S/c1-8-27(39)37(25-18-21(13-15-33-25)23-20-36(10-3)35-29(23)24-12-11-17-43-24)38(28(40)9-2)26-19-22(14-16-34-26)32-41-30(4,5)31(6,7)42-32/h11-20H,8-10H2,1-7H3. The van der Waals surface area contributed by atoms with Crippen molar-refractivity contribution >= 4 is 47.4 Å². The van der Waals surface area contributed by atoms with E-state index < -0.39 is 18.3 Å². The van der Waals surface area contributed by atoms with E-state index in [1.165, 1.54) is 10.0 Å². The topological polar surface area (TPSA) is 103 Å². The van der Waals surface area contributed by atoms with Gasteiger partial charge in [-0.15, -0.1) is 11.3 Å². The van der Waals surface area contributed by atoms with Crippen LogP contribution in [0.3, 0.4) is 0 Å². The summed E-state index contributed by atoms with van der Waals surface area (Å²) in [6.07, 6.45) is 5.51. The van der Waals surface area contributed by atoms with E-state index in [1.54, 1.807) is 49.7 Å². The number of anilines is 2. The van der Waals surface area contributed by atoms with Gasteiger partial charge in [0.1, 0.15) is 5.69 Å². The van der Waals surface area contributed by atoms with Gasteiger partial charge in [-0.25, -0.2) is 9.97 Å². The number of hydrogen-bond donors (Lipinski definition) is 0. The van der Waals surface area contributed by atoms with E-state index in [1.807, 2.05) is 75.1 Å². The first-order chi connectivity index (χ1) is 20.5. The van der Waals surface area contributed by atoms with Crippen LogP contribution < -0.4 is 15.5 Å². The average Bonchev–Trinajstić information content (AvgIpc) is 3.73. The van der Waals surface area contributed by atoms with Gasteiger partial charge in [0, 0.05) is 43.5 Å². The molecule has 1 aliphatic rings. The Balaban J connectivity index is 1.59. The second-order valence-corrected chi connectivity index (χ2v) is 12.2. The van der Waals surface area contributed by atoms with E-state index in [4.69, 9.17) is 14.4 Å². The lowest BCUT2D eigenvalue weighted by Crippen LogP contribution is -2.51. The molecule has 0 saturated carbocycles. The monoisotopic (exact) mass is 600 g/mol. The maximum atomic E-state index is 13.6. The third-order valence-electron chi connectivity index (χ3n) is 7.90. The average molecular weight is 601 g/mol. The Hall–Kier alpha value is -3.87. The van der Waals surface area contributed by atoms with E-state index in [0.29, 0.717) is 17.8 Å². The zero-order chi connectivity index (χ0) is 30.9. The fraction of sp³-hybridized carbons (Fsp3) is 0.387. The number of aryl methyl sites for hydroxylation is 1. The van der Waals surface area contributed by atoms with Crippen molar-refractivity contribution in [3.63, 3.8) is 0 Å². The molecule has 0 aromatic carbocycles. The smallest absolute Gasteiger partial charge is 0.399 e. The summed E-state index contributed by atoms with van der Waals surface area (Å²) in [7, 11) is -0.659. The molecule has 1 saturated heterocycles. The predicted octanol–water partition coefficient (Wildman–Crippen LogP) is 5.49. The molecule has 0 unspecified atom stereocenters. The molecule has 4 aromatic heterocycles. The number of aromatic nitrogens is 4. The second kappa shape index (κ2) is 12.0. The lowest BCUT2D eigenvalue weighted by Gasteiger charge is -2.33. The molecular formula is C31H37BN6O4S. The van der Waals surface area contributed by atoms with Crippen LogP contribution in [0.15, 0.2) is 60.4 Å². The number of carbonyl (C=O) groups is 2. The number of hydrogen-bond acceptors (Lipinski definition) is 8. The van der Waals surface area contributed by atoms with E-state index in [2.05, 4.69) is 9.97 Å². The van der Waals surface area contributed by atoms with Crippen molar-refractivity contribution in [3.8, 4) is 21.7 Å². The first kappa shape index (κ1) is 30.6. The fourth-order valence-corrected chi connectivity index (χ4v) is 5.47. The molecule has 1 aliphatic heterocycles. The van der Waals surface area contributed by atoms with Gasteiger partial charge >= 0.3 is 7.12 Å². The molecule has 0 bridgehead atoms. The van der Waals surface area contributed by atoms with Crippen LogP contribution in [0.25, 0.3) is 21.7 Å². The number of nitrogens with zero attached hydrogens (tertiary/aromatic N) is 6. The summed E-state index contributed by atoms with van der Waals surface area (Å²) < 4.78 is 14.4. The lowest BCUT2D eigenvalue weighted by molar-refractivity contribution is -0.123. The van der Waals surface area contributed by atoms with Gasteiger partial charge in [-0.2, -0.15) is 15.1 Å². The van der Waals surface area contributed by atoms with Crippen LogP contribution in [0.1, 0.15) is 61.3 Å². The number of amides is 2. The van der Waals surface area contributed by atoms with Crippen molar-refractivity contribution in [1.29, 1.82) is 0 Å². The molecule has 0 aliphatic carbocycles. The molecule has 0 radical (unpaired) electrons. The fourth-order valence-electron chi connectivity index (χ4n) is 4.75. The van der Waals surface area contributed by atoms with Gasteiger partial charge in [0.15, 0.2) is 11.6 Å². The zero-order valence-corrected chi connectivity index (χ0v) is 26.5. The van der Waals surface area contributed by atoms with Crippen LogP contribution in [0.5, 0.6) is 0 Å². The highest BCUT2D eigenvalue weighted by atomic mass is 32.1. The highest BCUT2D eigenvalue weighted by Crippen LogP contribution is 2.37. The molecule has 12 heteroatoms. The molecule has 224 valence electrons. The summed E-state index contributed by atoms with van der Waals surface area (Å²) >= 11 is 1.61. The number of thiophene rings is 1. The normalized spacial score (nSPS) is 15.5. The number of pyridine rings is 2. The van der Waals surface area contributed by atoms with Gasteiger partial charge in [-0.05, 0) is 81.4 Å². The Morgan fingerprint density at radius 2 is 1.51 bits per heavy atom. The second-order valence-electron chi connectivity index (χ2n) is 11.3. The van der Waals surface area contributed by atoms with Gasteiger partial charge in [0.25, 0.3) is 0 Å². The molecular weight excluding hydrogens is 563 g/mol. The molecule has 0 N–H and O–H groups in total. The molecule has 5 heterocycles. The molecule has 0 atom stereocenters. The third-order valence-corrected chi connectivity index (χ3v) is 8.78. The lowest BCUT2D eigenvalue weighted by atomic mass is 9.79. The molecule has 0 spiro atoms. The highest BCUT2D eigenvalue weighted by Gasteiger charge is 2.52. The number of hydrazine groups is 1. The summed E-state index contributed by atoms with van der Waals surface area (Å²) in [6, 6.07) is 11.3. The molecule has 2 amide bonds. The summed E-state index contributed by atoms with van der Waals surface area (Å²) in [6.45, 7) is 14.2. The van der Waals surface area contributed by atoms with Crippen LogP contribution in [-0.4, -0.2) is 49.9 Å². The molecule has 1 fully saturated rings. The van der Waals surface area contributed by atoms with Crippen LogP contribution in [-0.2, 0) is 25.4 Å². The van der Waals surface area contributed by atoms with Crippen molar-refractivity contribution < 1.29 is 18.9 Å².